The summed E-state index contributed by atoms with van der Waals surface area (Å²) in [4.78, 5) is 21.2. The third-order valence-electron chi connectivity index (χ3n) is 5.29. The van der Waals surface area contributed by atoms with Crippen LogP contribution in [0.25, 0.3) is 22.2 Å². The van der Waals surface area contributed by atoms with E-state index in [-0.39, 0.29) is 10.8 Å². The Morgan fingerprint density at radius 2 is 1.90 bits per heavy atom. The SMILES string of the molecule is COC(=O)c1ccc2[nH]c(O)c(-c3ccc(S(=O)(=O)N4CCN(C)CC4)cn3)c2c1. The Morgan fingerprint density at radius 1 is 1.17 bits per heavy atom. The fourth-order valence-corrected chi connectivity index (χ4v) is 4.91. The predicted molar refractivity (Wildman–Crippen MR) is 111 cm³/mol. The lowest BCUT2D eigenvalue weighted by Gasteiger charge is -2.31. The number of esters is 1. The quantitative estimate of drug-likeness (QED) is 0.605. The molecule has 0 atom stereocenters. The number of aromatic nitrogens is 2. The number of aromatic amines is 1. The molecule has 1 saturated heterocycles. The first-order chi connectivity index (χ1) is 14.3. The van der Waals surface area contributed by atoms with E-state index in [1.165, 1.54) is 23.7 Å². The number of carbonyl (C=O) groups excluding carboxylic acids is 1. The summed E-state index contributed by atoms with van der Waals surface area (Å²) in [6.45, 7) is 2.22. The van der Waals surface area contributed by atoms with Crippen molar-refractivity contribution in [2.24, 2.45) is 0 Å². The maximum Gasteiger partial charge on any atom is 0.337 e. The molecule has 30 heavy (non-hydrogen) atoms. The maximum atomic E-state index is 12.9. The van der Waals surface area contributed by atoms with Gasteiger partial charge in [-0.3, -0.25) is 4.98 Å². The van der Waals surface area contributed by atoms with Crippen LogP contribution in [0.5, 0.6) is 5.88 Å². The number of sulfonamides is 1. The van der Waals surface area contributed by atoms with Gasteiger partial charge in [-0.05, 0) is 37.4 Å². The molecule has 0 unspecified atom stereocenters. The summed E-state index contributed by atoms with van der Waals surface area (Å²) in [7, 11) is -0.380. The van der Waals surface area contributed by atoms with E-state index in [4.69, 9.17) is 4.74 Å². The number of H-pyrrole nitrogens is 1. The average Bonchev–Trinajstić information content (AvgIpc) is 3.08. The number of piperazine rings is 1. The van der Waals surface area contributed by atoms with Crippen molar-refractivity contribution in [1.82, 2.24) is 19.2 Å². The van der Waals surface area contributed by atoms with Gasteiger partial charge in [0.05, 0.1) is 23.9 Å². The van der Waals surface area contributed by atoms with Crippen molar-refractivity contribution >= 4 is 26.9 Å². The van der Waals surface area contributed by atoms with E-state index >= 15 is 0 Å². The first-order valence-corrected chi connectivity index (χ1v) is 10.8. The van der Waals surface area contributed by atoms with Crippen LogP contribution in [0.4, 0.5) is 0 Å². The Hall–Kier alpha value is -2.95. The van der Waals surface area contributed by atoms with Crippen LogP contribution >= 0.6 is 0 Å². The summed E-state index contributed by atoms with van der Waals surface area (Å²) in [5.41, 5.74) is 1.72. The lowest BCUT2D eigenvalue weighted by Crippen LogP contribution is -2.47. The molecule has 9 nitrogen and oxygen atoms in total. The Morgan fingerprint density at radius 3 is 2.53 bits per heavy atom. The number of likely N-dealkylation sites (N-methyl/N-ethyl adjacent to an activating group) is 1. The second-order valence-electron chi connectivity index (χ2n) is 7.19. The number of benzene rings is 1. The molecule has 2 aromatic heterocycles. The number of nitrogens with one attached hydrogen (secondary N) is 1. The lowest BCUT2D eigenvalue weighted by atomic mass is 10.1. The summed E-state index contributed by atoms with van der Waals surface area (Å²) in [5, 5.41) is 11.0. The van der Waals surface area contributed by atoms with Crippen LogP contribution in [0.3, 0.4) is 0 Å². The monoisotopic (exact) mass is 430 g/mol. The van der Waals surface area contributed by atoms with Crippen LogP contribution in [-0.4, -0.2) is 79.0 Å². The van der Waals surface area contributed by atoms with Gasteiger partial charge in [0, 0.05) is 43.3 Å². The van der Waals surface area contributed by atoms with E-state index < -0.39 is 16.0 Å². The molecule has 3 aromatic rings. The van der Waals surface area contributed by atoms with Gasteiger partial charge in [-0.25, -0.2) is 13.2 Å². The minimum atomic E-state index is -3.63. The first-order valence-electron chi connectivity index (χ1n) is 9.39. The second-order valence-corrected chi connectivity index (χ2v) is 9.12. The highest BCUT2D eigenvalue weighted by Crippen LogP contribution is 2.36. The van der Waals surface area contributed by atoms with Crippen molar-refractivity contribution in [1.29, 1.82) is 0 Å². The molecule has 1 aliphatic heterocycles. The van der Waals surface area contributed by atoms with Crippen LogP contribution in [0.2, 0.25) is 0 Å². The van der Waals surface area contributed by atoms with Gasteiger partial charge in [-0.1, -0.05) is 0 Å². The summed E-state index contributed by atoms with van der Waals surface area (Å²) in [6, 6.07) is 7.89. The molecular weight excluding hydrogens is 408 g/mol. The molecule has 0 aliphatic carbocycles. The Labute approximate surface area is 173 Å². The standard InChI is InChI=1S/C20H22N4O5S/c1-23-7-9-24(10-8-23)30(27,28)14-4-6-17(21-12-14)18-15-11-13(20(26)29-2)3-5-16(15)22-19(18)25/h3-6,11-12,22,25H,7-10H2,1-2H3. The van der Waals surface area contributed by atoms with Crippen molar-refractivity contribution < 1.29 is 23.1 Å². The van der Waals surface area contributed by atoms with E-state index in [1.54, 1.807) is 24.3 Å². The number of carbonyl (C=O) groups is 1. The minimum absolute atomic E-state index is 0.102. The Kier molecular flexibility index (Phi) is 5.22. The summed E-state index contributed by atoms with van der Waals surface area (Å²) in [6.07, 6.45) is 1.30. The van der Waals surface area contributed by atoms with Crippen molar-refractivity contribution in [2.75, 3.05) is 40.3 Å². The van der Waals surface area contributed by atoms with Gasteiger partial charge in [-0.15, -0.1) is 0 Å². The van der Waals surface area contributed by atoms with E-state index in [1.807, 2.05) is 7.05 Å². The number of fused-ring (bicyclic) bond motifs is 1. The molecule has 4 rings (SSSR count). The second kappa shape index (κ2) is 7.71. The molecule has 0 spiro atoms. The van der Waals surface area contributed by atoms with E-state index in [0.29, 0.717) is 53.9 Å². The molecule has 2 N–H and O–H groups in total. The molecular formula is C20H22N4O5S. The zero-order valence-corrected chi connectivity index (χ0v) is 17.4. The molecule has 0 radical (unpaired) electrons. The van der Waals surface area contributed by atoms with Gasteiger partial charge >= 0.3 is 5.97 Å². The maximum absolute atomic E-state index is 12.9. The molecule has 1 fully saturated rings. The number of aromatic hydroxyl groups is 1. The summed E-state index contributed by atoms with van der Waals surface area (Å²) < 4.78 is 32.0. The average molecular weight is 430 g/mol. The van der Waals surface area contributed by atoms with Crippen molar-refractivity contribution in [3.05, 3.63) is 42.1 Å². The van der Waals surface area contributed by atoms with Crippen LogP contribution < -0.4 is 0 Å². The molecule has 1 aliphatic rings. The molecule has 0 saturated carbocycles. The highest BCUT2D eigenvalue weighted by Gasteiger charge is 2.28. The fourth-order valence-electron chi connectivity index (χ4n) is 3.54. The summed E-state index contributed by atoms with van der Waals surface area (Å²) in [5.74, 6) is -0.612. The molecule has 0 bridgehead atoms. The number of nitrogens with zero attached hydrogens (tertiary/aromatic N) is 3. The number of rotatable bonds is 4. The highest BCUT2D eigenvalue weighted by atomic mass is 32.2. The number of pyridine rings is 1. The van der Waals surface area contributed by atoms with E-state index in [9.17, 15) is 18.3 Å². The molecule has 0 amide bonds. The predicted octanol–water partition coefficient (Wildman–Crippen LogP) is 1.66. The number of methoxy groups -OCH3 is 1. The fraction of sp³-hybridized carbons (Fsp3) is 0.300. The largest absolute Gasteiger partial charge is 0.494 e. The van der Waals surface area contributed by atoms with E-state index in [2.05, 4.69) is 14.9 Å². The summed E-state index contributed by atoms with van der Waals surface area (Å²) >= 11 is 0. The van der Waals surface area contributed by atoms with Crippen LogP contribution in [-0.2, 0) is 14.8 Å². The van der Waals surface area contributed by atoms with Crippen molar-refractivity contribution in [2.45, 2.75) is 4.90 Å². The minimum Gasteiger partial charge on any atom is -0.494 e. The molecule has 3 heterocycles. The number of hydrogen-bond acceptors (Lipinski definition) is 7. The normalized spacial score (nSPS) is 16.1. The molecule has 10 heteroatoms. The third kappa shape index (κ3) is 3.53. The van der Waals surface area contributed by atoms with Crippen LogP contribution in [0.1, 0.15) is 10.4 Å². The van der Waals surface area contributed by atoms with Gasteiger partial charge in [0.15, 0.2) is 5.88 Å². The van der Waals surface area contributed by atoms with E-state index in [0.717, 1.165) is 0 Å². The topological polar surface area (TPSA) is 116 Å². The van der Waals surface area contributed by atoms with Crippen molar-refractivity contribution in [3.63, 3.8) is 0 Å². The molecule has 158 valence electrons. The Bertz CT molecular complexity index is 1200. The Balaban J connectivity index is 1.70. The lowest BCUT2D eigenvalue weighted by molar-refractivity contribution is 0.0601. The van der Waals surface area contributed by atoms with Gasteiger partial charge < -0.3 is 19.7 Å². The number of ether oxygens (including phenoxy) is 1. The highest BCUT2D eigenvalue weighted by molar-refractivity contribution is 7.89. The van der Waals surface area contributed by atoms with Gasteiger partial charge in [0.1, 0.15) is 4.90 Å². The number of hydrogen-bond donors (Lipinski definition) is 2. The van der Waals surface area contributed by atoms with Gasteiger partial charge in [0.25, 0.3) is 0 Å². The third-order valence-corrected chi connectivity index (χ3v) is 7.17. The molecule has 1 aromatic carbocycles. The smallest absolute Gasteiger partial charge is 0.337 e. The first kappa shape index (κ1) is 20.3. The van der Waals surface area contributed by atoms with Crippen LogP contribution in [0.15, 0.2) is 41.4 Å². The zero-order chi connectivity index (χ0) is 21.5. The van der Waals surface area contributed by atoms with Crippen LogP contribution in [0, 0.1) is 0 Å². The van der Waals surface area contributed by atoms with Gasteiger partial charge in [-0.2, -0.15) is 4.31 Å². The van der Waals surface area contributed by atoms with Crippen molar-refractivity contribution in [3.8, 4) is 17.1 Å². The zero-order valence-electron chi connectivity index (χ0n) is 16.6. The van der Waals surface area contributed by atoms with Gasteiger partial charge in [0.2, 0.25) is 10.0 Å².